The smallest absolute Gasteiger partial charge is 0.408 e. The van der Waals surface area contributed by atoms with E-state index in [2.05, 4.69) is 35.1 Å². The number of nitrogens with zero attached hydrogens (tertiary/aromatic N) is 2. The highest BCUT2D eigenvalue weighted by Crippen LogP contribution is 2.45. The summed E-state index contributed by atoms with van der Waals surface area (Å²) in [7, 11) is -3.85. The summed E-state index contributed by atoms with van der Waals surface area (Å²) in [5, 5.41) is 4.59. The van der Waals surface area contributed by atoms with Gasteiger partial charge in [-0.05, 0) is 59.0 Å². The quantitative estimate of drug-likeness (QED) is 0.203. The lowest BCUT2D eigenvalue weighted by atomic mass is 10.1. The molecule has 14 heteroatoms. The molecule has 0 aromatic rings. The molecule has 0 radical (unpaired) electrons. The van der Waals surface area contributed by atoms with Crippen LogP contribution in [0.5, 0.6) is 0 Å². The highest BCUT2D eigenvalue weighted by Gasteiger charge is 2.61. The van der Waals surface area contributed by atoms with Gasteiger partial charge in [-0.15, -0.1) is 13.2 Å². The number of nitrogens with one attached hydrogen (secondary N) is 3. The van der Waals surface area contributed by atoms with Gasteiger partial charge in [0.1, 0.15) is 23.2 Å². The predicted octanol–water partition coefficient (Wildman–Crippen LogP) is 0.741. The van der Waals surface area contributed by atoms with Crippen molar-refractivity contribution in [3.8, 4) is 0 Å². The fourth-order valence-electron chi connectivity index (χ4n) is 4.92. The molecule has 2 aliphatic carbocycles. The van der Waals surface area contributed by atoms with E-state index in [1.807, 2.05) is 0 Å². The number of sulfonamides is 1. The second-order valence-electron chi connectivity index (χ2n) is 11.8. The minimum absolute atomic E-state index is 0.0683. The van der Waals surface area contributed by atoms with Crippen molar-refractivity contribution in [1.82, 2.24) is 25.2 Å². The molecule has 232 valence electrons. The number of hydrogen-bond donors (Lipinski definition) is 3. The van der Waals surface area contributed by atoms with Gasteiger partial charge in [-0.1, -0.05) is 18.7 Å². The first-order valence-electron chi connectivity index (χ1n) is 13.9. The first kappa shape index (κ1) is 32.8. The van der Waals surface area contributed by atoms with Gasteiger partial charge in [0.15, 0.2) is 0 Å². The Labute approximate surface area is 246 Å². The lowest BCUT2D eigenvalue weighted by molar-refractivity contribution is -0.142. The minimum atomic E-state index is -3.85. The van der Waals surface area contributed by atoms with Gasteiger partial charge in [0.05, 0.1) is 11.8 Å². The van der Waals surface area contributed by atoms with E-state index >= 15 is 0 Å². The summed E-state index contributed by atoms with van der Waals surface area (Å²) in [6.45, 7) is 15.8. The van der Waals surface area contributed by atoms with Crippen molar-refractivity contribution in [3.05, 3.63) is 38.0 Å². The normalized spacial score (nSPS) is 24.0. The molecule has 1 aliphatic heterocycles. The summed E-state index contributed by atoms with van der Waals surface area (Å²) < 4.78 is 32.2. The van der Waals surface area contributed by atoms with E-state index in [1.54, 1.807) is 20.8 Å². The fraction of sp³-hybridized carbons (Fsp3) is 0.607. The summed E-state index contributed by atoms with van der Waals surface area (Å²) >= 11 is 0. The number of alkyl carbamates (subject to hydrolysis) is 1. The van der Waals surface area contributed by atoms with Gasteiger partial charge in [0.25, 0.3) is 5.91 Å². The number of carbonyl (C=O) groups excluding carboxylic acids is 5. The summed E-state index contributed by atoms with van der Waals surface area (Å²) in [6.07, 6.45) is 4.96. The van der Waals surface area contributed by atoms with Gasteiger partial charge in [-0.2, -0.15) is 0 Å². The Hall–Kier alpha value is -3.68. The number of rotatable bonds is 13. The van der Waals surface area contributed by atoms with Crippen LogP contribution in [-0.2, 0) is 33.9 Å². The Kier molecular flexibility index (Phi) is 9.91. The Morgan fingerprint density at radius 2 is 1.79 bits per heavy atom. The molecule has 3 aliphatic rings. The topological polar surface area (TPSA) is 171 Å². The van der Waals surface area contributed by atoms with Gasteiger partial charge in [0.2, 0.25) is 27.7 Å². The van der Waals surface area contributed by atoms with E-state index in [9.17, 15) is 32.4 Å². The molecule has 3 N–H and O–H groups in total. The van der Waals surface area contributed by atoms with Gasteiger partial charge in [-0.3, -0.25) is 23.9 Å². The molecule has 1 heterocycles. The Balaban J connectivity index is 1.80. The van der Waals surface area contributed by atoms with Crippen LogP contribution >= 0.6 is 0 Å². The SMILES string of the molecule is C=CCN(C[C@H](NC(=O)OC(C)(C)C)C(=O)N1CCC[C@H]1C(=O)N[C@]1(C(=O)NS(=O)(=O)C2CC2)C[C@H]1C=C)C(=O)C=C. The van der Waals surface area contributed by atoms with E-state index < -0.39 is 74.1 Å². The molecule has 0 aromatic heterocycles. The van der Waals surface area contributed by atoms with Crippen molar-refractivity contribution in [3.63, 3.8) is 0 Å². The Bertz CT molecular complexity index is 1260. The Morgan fingerprint density at radius 1 is 1.12 bits per heavy atom. The molecule has 4 atom stereocenters. The largest absolute Gasteiger partial charge is 0.444 e. The van der Waals surface area contributed by atoms with E-state index in [-0.39, 0.29) is 32.5 Å². The van der Waals surface area contributed by atoms with E-state index in [4.69, 9.17) is 4.74 Å². The third-order valence-electron chi connectivity index (χ3n) is 7.32. The zero-order chi connectivity index (χ0) is 31.5. The third kappa shape index (κ3) is 7.78. The van der Waals surface area contributed by atoms with Crippen molar-refractivity contribution in [2.45, 2.75) is 81.3 Å². The first-order valence-corrected chi connectivity index (χ1v) is 15.5. The van der Waals surface area contributed by atoms with Crippen LogP contribution in [0.1, 0.15) is 52.9 Å². The number of amides is 5. The molecular weight excluding hydrogens is 566 g/mol. The molecule has 1 saturated heterocycles. The van der Waals surface area contributed by atoms with Gasteiger partial charge in [-0.25, -0.2) is 13.2 Å². The molecule has 13 nitrogen and oxygen atoms in total. The zero-order valence-electron chi connectivity index (χ0n) is 24.4. The molecule has 3 rings (SSSR count). The molecule has 0 unspecified atom stereocenters. The van der Waals surface area contributed by atoms with Crippen LogP contribution in [0.3, 0.4) is 0 Å². The third-order valence-corrected chi connectivity index (χ3v) is 9.13. The highest BCUT2D eigenvalue weighted by molar-refractivity contribution is 7.91. The lowest BCUT2D eigenvalue weighted by Crippen LogP contribution is -2.60. The van der Waals surface area contributed by atoms with E-state index in [0.29, 0.717) is 19.3 Å². The first-order chi connectivity index (χ1) is 19.6. The molecular formula is C28H41N5O8S. The molecule has 42 heavy (non-hydrogen) atoms. The number of ether oxygens (including phenoxy) is 1. The summed E-state index contributed by atoms with van der Waals surface area (Å²) in [5.41, 5.74) is -2.36. The second kappa shape index (κ2) is 12.7. The molecule has 2 saturated carbocycles. The second-order valence-corrected chi connectivity index (χ2v) is 13.8. The number of likely N-dealkylation sites (tertiary alicyclic amines) is 1. The van der Waals surface area contributed by atoms with Crippen molar-refractivity contribution in [2.24, 2.45) is 5.92 Å². The summed E-state index contributed by atoms with van der Waals surface area (Å²) in [4.78, 5) is 68.1. The maximum atomic E-state index is 13.8. The highest BCUT2D eigenvalue weighted by atomic mass is 32.2. The summed E-state index contributed by atoms with van der Waals surface area (Å²) in [6, 6.07) is -2.28. The van der Waals surface area contributed by atoms with Crippen molar-refractivity contribution in [2.75, 3.05) is 19.6 Å². The molecule has 3 fully saturated rings. The predicted molar refractivity (Wildman–Crippen MR) is 154 cm³/mol. The van der Waals surface area contributed by atoms with Crippen molar-refractivity contribution >= 4 is 39.7 Å². The fourth-order valence-corrected chi connectivity index (χ4v) is 6.28. The van der Waals surface area contributed by atoms with Crippen LogP contribution in [0, 0.1) is 5.92 Å². The van der Waals surface area contributed by atoms with E-state index in [0.717, 1.165) is 6.08 Å². The maximum Gasteiger partial charge on any atom is 0.408 e. The van der Waals surface area contributed by atoms with Crippen molar-refractivity contribution < 1.29 is 37.1 Å². The molecule has 0 bridgehead atoms. The van der Waals surface area contributed by atoms with Crippen LogP contribution in [-0.4, -0.2) is 96.0 Å². The van der Waals surface area contributed by atoms with Crippen LogP contribution < -0.4 is 15.4 Å². The van der Waals surface area contributed by atoms with Crippen LogP contribution in [0.25, 0.3) is 0 Å². The standard InChI is InChI=1S/C28H41N5O8S/c1-7-14-32(22(34)9-3)17-20(29-26(38)41-27(4,5)6)24(36)33-15-10-11-21(33)23(35)30-28(16-18(28)8-2)25(37)31-42(39,40)19-12-13-19/h7-9,18-21H,1-3,10-17H2,4-6H3,(H,29,38)(H,30,35)(H,31,37)/t18-,20+,21+,28-/m1/s1. The average molecular weight is 608 g/mol. The maximum absolute atomic E-state index is 13.8. The zero-order valence-corrected chi connectivity index (χ0v) is 25.2. The lowest BCUT2D eigenvalue weighted by Gasteiger charge is -2.32. The van der Waals surface area contributed by atoms with Crippen LogP contribution in [0.15, 0.2) is 38.0 Å². The van der Waals surface area contributed by atoms with Gasteiger partial charge >= 0.3 is 6.09 Å². The molecule has 5 amide bonds. The monoisotopic (exact) mass is 607 g/mol. The summed E-state index contributed by atoms with van der Waals surface area (Å²) in [5.74, 6) is -3.08. The average Bonchev–Trinajstić information content (AvgIpc) is 3.82. The Morgan fingerprint density at radius 3 is 2.31 bits per heavy atom. The van der Waals surface area contributed by atoms with Gasteiger partial charge < -0.3 is 25.2 Å². The number of hydrogen-bond acceptors (Lipinski definition) is 8. The minimum Gasteiger partial charge on any atom is -0.444 e. The van der Waals surface area contributed by atoms with Crippen LogP contribution in [0.2, 0.25) is 0 Å². The molecule has 0 aromatic carbocycles. The number of carbonyl (C=O) groups is 5. The van der Waals surface area contributed by atoms with Gasteiger partial charge in [0, 0.05) is 19.0 Å². The van der Waals surface area contributed by atoms with E-state index in [1.165, 1.54) is 22.0 Å². The van der Waals surface area contributed by atoms with Crippen molar-refractivity contribution in [1.29, 1.82) is 0 Å². The molecule has 0 spiro atoms. The van der Waals surface area contributed by atoms with Crippen LogP contribution in [0.4, 0.5) is 4.79 Å².